The normalized spacial score (nSPS) is 9.73. The van der Waals surface area contributed by atoms with E-state index in [4.69, 9.17) is 9.15 Å². The summed E-state index contributed by atoms with van der Waals surface area (Å²) in [6.07, 6.45) is 1.46. The van der Waals surface area contributed by atoms with Crippen LogP contribution < -0.4 is 5.32 Å². The van der Waals surface area contributed by atoms with Crippen LogP contribution in [0.2, 0.25) is 0 Å². The zero-order chi connectivity index (χ0) is 11.3. The van der Waals surface area contributed by atoms with Gasteiger partial charge in [-0.2, -0.15) is 4.98 Å². The molecule has 82 valence electrons. The first-order valence-electron chi connectivity index (χ1n) is 4.59. The number of aromatic nitrogens is 1. The van der Waals surface area contributed by atoms with E-state index in [9.17, 15) is 9.59 Å². The maximum atomic E-state index is 11.2. The van der Waals surface area contributed by atoms with Crippen LogP contribution in [0, 0.1) is 0 Å². The molecule has 1 rings (SSSR count). The number of nitrogens with one attached hydrogen (secondary N) is 1. The number of hydrogen-bond donors (Lipinski definition) is 1. The smallest absolute Gasteiger partial charge is 0.360 e. The lowest BCUT2D eigenvalue weighted by Crippen LogP contribution is -2.10. The minimum absolute atomic E-state index is 0.00454. The van der Waals surface area contributed by atoms with Crippen LogP contribution in [0.5, 0.6) is 0 Å². The van der Waals surface area contributed by atoms with Crippen LogP contribution in [-0.2, 0) is 9.53 Å². The number of ether oxygens (including phenoxy) is 1. The Labute approximate surface area is 86.6 Å². The molecule has 0 aliphatic carbocycles. The molecule has 0 unspecified atom stereocenters. The lowest BCUT2D eigenvalue weighted by molar-refractivity contribution is -0.116. The molecule has 1 N–H and O–H groups in total. The number of rotatable bonds is 4. The Morgan fingerprint density at radius 3 is 2.87 bits per heavy atom. The molecule has 0 fully saturated rings. The van der Waals surface area contributed by atoms with Crippen molar-refractivity contribution in [1.82, 2.24) is 4.98 Å². The maximum absolute atomic E-state index is 11.2. The van der Waals surface area contributed by atoms with Gasteiger partial charge in [0.25, 0.3) is 0 Å². The molecule has 6 heteroatoms. The molecule has 1 aromatic rings. The van der Waals surface area contributed by atoms with Crippen molar-refractivity contribution in [2.45, 2.75) is 20.3 Å². The minimum Gasteiger partial charge on any atom is -0.461 e. The summed E-state index contributed by atoms with van der Waals surface area (Å²) >= 11 is 0. The quantitative estimate of drug-likeness (QED) is 0.758. The SMILES string of the molecule is CCOC(=O)c1coc(NC(=O)CC)n1. The van der Waals surface area contributed by atoms with Gasteiger partial charge in [-0.3, -0.25) is 10.1 Å². The van der Waals surface area contributed by atoms with Gasteiger partial charge in [0.05, 0.1) is 6.61 Å². The number of carbonyl (C=O) groups is 2. The molecule has 1 amide bonds. The number of oxazole rings is 1. The Kier molecular flexibility index (Phi) is 3.84. The average molecular weight is 212 g/mol. The number of nitrogens with zero attached hydrogens (tertiary/aromatic N) is 1. The number of hydrogen-bond acceptors (Lipinski definition) is 5. The number of amides is 1. The van der Waals surface area contributed by atoms with Crippen LogP contribution in [0.25, 0.3) is 0 Å². The Balaban J connectivity index is 2.63. The molecule has 1 heterocycles. The van der Waals surface area contributed by atoms with E-state index >= 15 is 0 Å². The highest BCUT2D eigenvalue weighted by atomic mass is 16.5. The van der Waals surface area contributed by atoms with E-state index in [-0.39, 0.29) is 24.2 Å². The number of esters is 1. The van der Waals surface area contributed by atoms with Gasteiger partial charge < -0.3 is 9.15 Å². The summed E-state index contributed by atoms with van der Waals surface area (Å²) in [5.41, 5.74) is 0.0447. The molecule has 0 aliphatic rings. The standard InChI is InChI=1S/C9H12N2O4/c1-3-7(12)11-9-10-6(5-15-9)8(13)14-4-2/h5H,3-4H2,1-2H3,(H,10,11,12). The number of carbonyl (C=O) groups excluding carboxylic acids is 2. The third-order valence-electron chi connectivity index (χ3n) is 1.56. The molecule has 0 bridgehead atoms. The number of anilines is 1. The summed E-state index contributed by atoms with van der Waals surface area (Å²) in [4.78, 5) is 25.9. The van der Waals surface area contributed by atoms with Gasteiger partial charge in [-0.15, -0.1) is 0 Å². The van der Waals surface area contributed by atoms with E-state index in [1.165, 1.54) is 0 Å². The van der Waals surface area contributed by atoms with Gasteiger partial charge in [0, 0.05) is 6.42 Å². The predicted molar refractivity (Wildman–Crippen MR) is 51.4 cm³/mol. The lowest BCUT2D eigenvalue weighted by Gasteiger charge is -1.96. The Morgan fingerprint density at radius 2 is 2.27 bits per heavy atom. The molecule has 0 spiro atoms. The van der Waals surface area contributed by atoms with Gasteiger partial charge in [-0.1, -0.05) is 6.92 Å². The van der Waals surface area contributed by atoms with Crippen LogP contribution >= 0.6 is 0 Å². The highest BCUT2D eigenvalue weighted by molar-refractivity contribution is 5.90. The third-order valence-corrected chi connectivity index (χ3v) is 1.56. The fourth-order valence-electron chi connectivity index (χ4n) is 0.838. The second kappa shape index (κ2) is 5.14. The Hall–Kier alpha value is -1.85. The lowest BCUT2D eigenvalue weighted by atomic mass is 10.5. The monoisotopic (exact) mass is 212 g/mol. The van der Waals surface area contributed by atoms with Gasteiger partial charge in [-0.05, 0) is 6.92 Å². The van der Waals surface area contributed by atoms with Gasteiger partial charge in [0.15, 0.2) is 5.69 Å². The molecule has 0 aliphatic heterocycles. The fourth-order valence-corrected chi connectivity index (χ4v) is 0.838. The van der Waals surface area contributed by atoms with E-state index in [1.807, 2.05) is 0 Å². The maximum Gasteiger partial charge on any atom is 0.360 e. The summed E-state index contributed by atoms with van der Waals surface area (Å²) in [7, 11) is 0. The zero-order valence-electron chi connectivity index (χ0n) is 8.57. The van der Waals surface area contributed by atoms with Crippen LogP contribution in [0.3, 0.4) is 0 Å². The summed E-state index contributed by atoms with van der Waals surface area (Å²) in [6.45, 7) is 3.66. The molecule has 15 heavy (non-hydrogen) atoms. The van der Waals surface area contributed by atoms with Crippen molar-refractivity contribution in [1.29, 1.82) is 0 Å². The van der Waals surface area contributed by atoms with Gasteiger partial charge in [0.2, 0.25) is 5.91 Å². The van der Waals surface area contributed by atoms with E-state index in [0.29, 0.717) is 6.42 Å². The Bertz CT molecular complexity index is 359. The van der Waals surface area contributed by atoms with E-state index in [0.717, 1.165) is 6.26 Å². The minimum atomic E-state index is -0.571. The summed E-state index contributed by atoms with van der Waals surface area (Å²) in [5, 5.41) is 2.38. The molecule has 0 saturated heterocycles. The first-order valence-corrected chi connectivity index (χ1v) is 4.59. The van der Waals surface area contributed by atoms with E-state index in [2.05, 4.69) is 10.3 Å². The second-order valence-corrected chi connectivity index (χ2v) is 2.66. The fraction of sp³-hybridized carbons (Fsp3) is 0.444. The first-order chi connectivity index (χ1) is 7.17. The van der Waals surface area contributed by atoms with Gasteiger partial charge in [-0.25, -0.2) is 4.79 Å². The molecule has 0 saturated carbocycles. The largest absolute Gasteiger partial charge is 0.461 e. The summed E-state index contributed by atoms with van der Waals surface area (Å²) in [6, 6.07) is 0.00454. The summed E-state index contributed by atoms with van der Waals surface area (Å²) in [5.74, 6) is -0.800. The van der Waals surface area contributed by atoms with Gasteiger partial charge in [0.1, 0.15) is 6.26 Å². The van der Waals surface area contributed by atoms with Crippen LogP contribution in [0.1, 0.15) is 30.8 Å². The van der Waals surface area contributed by atoms with Crippen molar-refractivity contribution in [2.75, 3.05) is 11.9 Å². The van der Waals surface area contributed by atoms with Crippen molar-refractivity contribution in [3.8, 4) is 0 Å². The highest BCUT2D eigenvalue weighted by Crippen LogP contribution is 2.08. The Morgan fingerprint density at radius 1 is 1.53 bits per heavy atom. The van der Waals surface area contributed by atoms with Crippen molar-refractivity contribution in [2.24, 2.45) is 0 Å². The average Bonchev–Trinajstić information content (AvgIpc) is 2.66. The van der Waals surface area contributed by atoms with Crippen molar-refractivity contribution >= 4 is 17.9 Å². The zero-order valence-corrected chi connectivity index (χ0v) is 8.57. The first kappa shape index (κ1) is 11.2. The van der Waals surface area contributed by atoms with Crippen LogP contribution in [-0.4, -0.2) is 23.5 Å². The van der Waals surface area contributed by atoms with Crippen molar-refractivity contribution in [3.63, 3.8) is 0 Å². The second-order valence-electron chi connectivity index (χ2n) is 2.66. The predicted octanol–water partition coefficient (Wildman–Crippen LogP) is 1.20. The molecule has 0 radical (unpaired) electrons. The van der Waals surface area contributed by atoms with E-state index in [1.54, 1.807) is 13.8 Å². The molecule has 0 atom stereocenters. The molecular formula is C9H12N2O4. The van der Waals surface area contributed by atoms with Crippen molar-refractivity contribution < 1.29 is 18.7 Å². The van der Waals surface area contributed by atoms with Crippen molar-refractivity contribution in [3.05, 3.63) is 12.0 Å². The van der Waals surface area contributed by atoms with Gasteiger partial charge >= 0.3 is 12.0 Å². The molecule has 1 aromatic heterocycles. The molecular weight excluding hydrogens is 200 g/mol. The molecule has 6 nitrogen and oxygen atoms in total. The topological polar surface area (TPSA) is 81.4 Å². The summed E-state index contributed by atoms with van der Waals surface area (Å²) < 4.78 is 9.56. The van der Waals surface area contributed by atoms with E-state index < -0.39 is 5.97 Å². The third kappa shape index (κ3) is 3.08. The molecule has 0 aromatic carbocycles. The van der Waals surface area contributed by atoms with Crippen LogP contribution in [0.15, 0.2) is 10.7 Å². The highest BCUT2D eigenvalue weighted by Gasteiger charge is 2.13. The van der Waals surface area contributed by atoms with Crippen LogP contribution in [0.4, 0.5) is 6.01 Å².